The first-order valence-corrected chi connectivity index (χ1v) is 5.81. The molecular formula is C16H16O2. The molecule has 2 nitrogen and oxygen atoms in total. The van der Waals surface area contributed by atoms with Gasteiger partial charge < -0.3 is 4.74 Å². The van der Waals surface area contributed by atoms with Gasteiger partial charge in [0.1, 0.15) is 0 Å². The first-order valence-electron chi connectivity index (χ1n) is 5.81. The highest BCUT2D eigenvalue weighted by molar-refractivity contribution is 5.88. The predicted octanol–water partition coefficient (Wildman–Crippen LogP) is 3.10. The topological polar surface area (TPSA) is 26.3 Å². The Morgan fingerprint density at radius 3 is 2.72 bits per heavy atom. The van der Waals surface area contributed by atoms with Crippen LogP contribution in [0.2, 0.25) is 0 Å². The van der Waals surface area contributed by atoms with Gasteiger partial charge in [-0.25, -0.2) is 4.79 Å². The van der Waals surface area contributed by atoms with E-state index in [4.69, 9.17) is 4.74 Å². The van der Waals surface area contributed by atoms with Crippen LogP contribution in [-0.2, 0) is 9.53 Å². The fourth-order valence-electron chi connectivity index (χ4n) is 1.20. The molecule has 18 heavy (non-hydrogen) atoms. The first kappa shape index (κ1) is 13.8. The number of benzene rings is 1. The number of carbonyl (C=O) groups excluding carboxylic acids is 1. The molecule has 0 aromatic heterocycles. The fourth-order valence-corrected chi connectivity index (χ4v) is 1.20. The van der Waals surface area contributed by atoms with Gasteiger partial charge in [0, 0.05) is 11.1 Å². The van der Waals surface area contributed by atoms with Gasteiger partial charge in [-0.1, -0.05) is 42.2 Å². The van der Waals surface area contributed by atoms with Crippen LogP contribution < -0.4 is 0 Å². The Morgan fingerprint density at radius 1 is 1.33 bits per heavy atom. The first-order chi connectivity index (χ1) is 8.74. The lowest BCUT2D eigenvalue weighted by atomic mass is 10.2. The van der Waals surface area contributed by atoms with Crippen molar-refractivity contribution >= 4 is 5.97 Å². The van der Waals surface area contributed by atoms with Gasteiger partial charge in [-0.2, -0.15) is 0 Å². The van der Waals surface area contributed by atoms with E-state index in [1.165, 1.54) is 0 Å². The Hall–Kier alpha value is -2.27. The minimum atomic E-state index is -0.293. The van der Waals surface area contributed by atoms with Crippen molar-refractivity contribution in [2.45, 2.75) is 13.8 Å². The van der Waals surface area contributed by atoms with Gasteiger partial charge >= 0.3 is 5.97 Å². The number of rotatable bonds is 3. The lowest BCUT2D eigenvalue weighted by molar-refractivity contribution is -0.138. The maximum atomic E-state index is 11.3. The average Bonchev–Trinajstić information content (AvgIpc) is 2.39. The second-order valence-corrected chi connectivity index (χ2v) is 3.56. The molecule has 1 rings (SSSR count). The Morgan fingerprint density at radius 2 is 2.06 bits per heavy atom. The van der Waals surface area contributed by atoms with Crippen molar-refractivity contribution in [2.75, 3.05) is 6.61 Å². The second-order valence-electron chi connectivity index (χ2n) is 3.56. The van der Waals surface area contributed by atoms with E-state index in [1.54, 1.807) is 32.1 Å². The molecule has 0 aliphatic carbocycles. The van der Waals surface area contributed by atoms with E-state index in [0.717, 1.165) is 5.56 Å². The van der Waals surface area contributed by atoms with E-state index in [1.807, 2.05) is 30.3 Å². The average molecular weight is 240 g/mol. The van der Waals surface area contributed by atoms with Gasteiger partial charge in [-0.3, -0.25) is 0 Å². The maximum Gasteiger partial charge on any atom is 0.333 e. The molecule has 2 heteroatoms. The third kappa shape index (κ3) is 5.18. The van der Waals surface area contributed by atoms with Gasteiger partial charge in [-0.15, -0.1) is 0 Å². The summed E-state index contributed by atoms with van der Waals surface area (Å²) in [5.41, 5.74) is 1.53. The van der Waals surface area contributed by atoms with Gasteiger partial charge in [0.2, 0.25) is 0 Å². The van der Waals surface area contributed by atoms with Crippen LogP contribution in [0.3, 0.4) is 0 Å². The number of allylic oxidation sites excluding steroid dienone is 3. The largest absolute Gasteiger partial charge is 0.463 e. The summed E-state index contributed by atoms with van der Waals surface area (Å²) in [6.45, 7) is 3.89. The maximum absolute atomic E-state index is 11.3. The van der Waals surface area contributed by atoms with Crippen molar-refractivity contribution in [3.05, 3.63) is 59.7 Å². The third-order valence-corrected chi connectivity index (χ3v) is 2.11. The van der Waals surface area contributed by atoms with E-state index in [0.29, 0.717) is 12.2 Å². The highest BCUT2D eigenvalue weighted by Crippen LogP contribution is 1.97. The van der Waals surface area contributed by atoms with E-state index in [9.17, 15) is 4.79 Å². The molecule has 0 fully saturated rings. The molecule has 0 amide bonds. The molecule has 0 N–H and O–H groups in total. The Kier molecular flexibility index (Phi) is 6.07. The zero-order valence-electron chi connectivity index (χ0n) is 10.6. The summed E-state index contributed by atoms with van der Waals surface area (Å²) in [4.78, 5) is 11.3. The molecule has 0 unspecified atom stereocenters. The van der Waals surface area contributed by atoms with Crippen molar-refractivity contribution in [3.63, 3.8) is 0 Å². The second kappa shape index (κ2) is 7.92. The highest BCUT2D eigenvalue weighted by atomic mass is 16.5. The minimum Gasteiger partial charge on any atom is -0.463 e. The normalized spacial score (nSPS) is 10.9. The minimum absolute atomic E-state index is 0.293. The number of ether oxygens (including phenoxy) is 1. The molecule has 92 valence electrons. The lowest BCUT2D eigenvalue weighted by Gasteiger charge is -1.98. The summed E-state index contributed by atoms with van der Waals surface area (Å²) < 4.78 is 4.85. The number of hydrogen-bond donors (Lipinski definition) is 0. The standard InChI is InChI=1S/C16H16O2/c1-3-18-16(17)14(2)10-6-4-7-11-15-12-8-5-9-13-15/h4-6,8-10,12-13H,3H2,1-2H3. The molecule has 1 aromatic carbocycles. The van der Waals surface area contributed by atoms with Crippen LogP contribution in [0.15, 0.2) is 54.1 Å². The van der Waals surface area contributed by atoms with Crippen molar-refractivity contribution in [3.8, 4) is 11.8 Å². The molecule has 0 saturated carbocycles. The quantitative estimate of drug-likeness (QED) is 0.351. The Bertz CT molecular complexity index is 499. The third-order valence-electron chi connectivity index (χ3n) is 2.11. The molecule has 0 aliphatic rings. The van der Waals surface area contributed by atoms with E-state index >= 15 is 0 Å². The predicted molar refractivity (Wildman–Crippen MR) is 72.9 cm³/mol. The monoisotopic (exact) mass is 240 g/mol. The smallest absolute Gasteiger partial charge is 0.333 e. The highest BCUT2D eigenvalue weighted by Gasteiger charge is 2.01. The van der Waals surface area contributed by atoms with E-state index in [-0.39, 0.29) is 5.97 Å². The van der Waals surface area contributed by atoms with Crippen LogP contribution in [0.1, 0.15) is 19.4 Å². The number of carbonyl (C=O) groups is 1. The summed E-state index contributed by atoms with van der Waals surface area (Å²) in [5.74, 6) is 5.60. The molecule has 0 atom stereocenters. The van der Waals surface area contributed by atoms with Crippen molar-refractivity contribution in [2.24, 2.45) is 0 Å². The molecule has 0 bridgehead atoms. The number of esters is 1. The fraction of sp³-hybridized carbons (Fsp3) is 0.188. The molecule has 1 aromatic rings. The number of hydrogen-bond acceptors (Lipinski definition) is 2. The molecule has 0 aliphatic heterocycles. The summed E-state index contributed by atoms with van der Waals surface area (Å²) in [5, 5.41) is 0. The lowest BCUT2D eigenvalue weighted by Crippen LogP contribution is -2.04. The molecule has 0 radical (unpaired) electrons. The van der Waals surface area contributed by atoms with Crippen LogP contribution >= 0.6 is 0 Å². The van der Waals surface area contributed by atoms with E-state index < -0.39 is 0 Å². The summed E-state index contributed by atoms with van der Waals surface area (Å²) in [6, 6.07) is 9.73. The molecule has 0 heterocycles. The van der Waals surface area contributed by atoms with Crippen LogP contribution in [0.25, 0.3) is 0 Å². The zero-order chi connectivity index (χ0) is 13.2. The van der Waals surface area contributed by atoms with Crippen LogP contribution in [-0.4, -0.2) is 12.6 Å². The van der Waals surface area contributed by atoms with Crippen LogP contribution in [0.4, 0.5) is 0 Å². The summed E-state index contributed by atoms with van der Waals surface area (Å²) >= 11 is 0. The van der Waals surface area contributed by atoms with Crippen molar-refractivity contribution in [1.82, 2.24) is 0 Å². The molecule has 0 spiro atoms. The SMILES string of the molecule is CCOC(=O)C(C)=CC=CC#Cc1ccccc1. The van der Waals surface area contributed by atoms with Gasteiger partial charge in [0.25, 0.3) is 0 Å². The van der Waals surface area contributed by atoms with Crippen LogP contribution in [0, 0.1) is 11.8 Å². The van der Waals surface area contributed by atoms with Crippen LogP contribution in [0.5, 0.6) is 0 Å². The van der Waals surface area contributed by atoms with Crippen molar-refractivity contribution < 1.29 is 9.53 Å². The summed E-state index contributed by atoms with van der Waals surface area (Å²) in [6.07, 6.45) is 5.13. The van der Waals surface area contributed by atoms with Gasteiger partial charge in [0.05, 0.1) is 6.61 Å². The van der Waals surface area contributed by atoms with Gasteiger partial charge in [0.15, 0.2) is 0 Å². The van der Waals surface area contributed by atoms with E-state index in [2.05, 4.69) is 11.8 Å². The Balaban J connectivity index is 2.54. The molecular weight excluding hydrogens is 224 g/mol. The zero-order valence-corrected chi connectivity index (χ0v) is 10.6. The Labute approximate surface area is 108 Å². The van der Waals surface area contributed by atoms with Gasteiger partial charge in [-0.05, 0) is 32.1 Å². The molecule has 0 saturated heterocycles. The van der Waals surface area contributed by atoms with Crippen molar-refractivity contribution in [1.29, 1.82) is 0 Å². The summed E-state index contributed by atoms with van der Waals surface area (Å²) in [7, 11) is 0.